The van der Waals surface area contributed by atoms with E-state index in [9.17, 15) is 9.18 Å². The van der Waals surface area contributed by atoms with E-state index in [4.69, 9.17) is 10.5 Å². The van der Waals surface area contributed by atoms with Crippen LogP contribution in [0.1, 0.15) is 31.4 Å². The first-order valence-corrected chi connectivity index (χ1v) is 6.03. The highest BCUT2D eigenvalue weighted by molar-refractivity contribution is 5.78. The van der Waals surface area contributed by atoms with E-state index in [-0.39, 0.29) is 18.6 Å². The van der Waals surface area contributed by atoms with Crippen molar-refractivity contribution in [2.24, 2.45) is 5.73 Å². The molecule has 1 aliphatic carbocycles. The van der Waals surface area contributed by atoms with Crippen molar-refractivity contribution in [1.29, 1.82) is 0 Å². The number of ether oxygens (including phenoxy) is 1. The van der Waals surface area contributed by atoms with Gasteiger partial charge in [-0.05, 0) is 25.8 Å². The van der Waals surface area contributed by atoms with E-state index in [1.165, 1.54) is 6.07 Å². The highest BCUT2D eigenvalue weighted by Crippen LogP contribution is 2.21. The first-order valence-electron chi connectivity index (χ1n) is 6.03. The molecule has 0 saturated heterocycles. The van der Waals surface area contributed by atoms with E-state index in [0.29, 0.717) is 17.4 Å². The number of halogens is 1. The molecule has 3 N–H and O–H groups in total. The largest absolute Gasteiger partial charge is 0.484 e. The summed E-state index contributed by atoms with van der Waals surface area (Å²) in [5, 5.41) is 2.79. The van der Waals surface area contributed by atoms with Crippen LogP contribution in [0.5, 0.6) is 5.75 Å². The van der Waals surface area contributed by atoms with Gasteiger partial charge in [0.15, 0.2) is 6.61 Å². The molecule has 0 heterocycles. The molecule has 2 rings (SSSR count). The average molecular weight is 252 g/mol. The predicted molar refractivity (Wildman–Crippen MR) is 65.7 cm³/mol. The second-order valence-electron chi connectivity index (χ2n) is 4.60. The summed E-state index contributed by atoms with van der Waals surface area (Å²) in [5.74, 6) is -0.248. The Morgan fingerprint density at radius 3 is 2.89 bits per heavy atom. The summed E-state index contributed by atoms with van der Waals surface area (Å²) in [6, 6.07) is 4.39. The van der Waals surface area contributed by atoms with Crippen LogP contribution >= 0.6 is 0 Å². The predicted octanol–water partition coefficient (Wildman–Crippen LogP) is 1.50. The maximum Gasteiger partial charge on any atom is 0.258 e. The molecule has 1 aromatic rings. The van der Waals surface area contributed by atoms with Gasteiger partial charge in [0, 0.05) is 23.7 Å². The molecule has 1 atom stereocenters. The van der Waals surface area contributed by atoms with Gasteiger partial charge in [0.2, 0.25) is 0 Å². The Bertz CT molecular complexity index is 445. The van der Waals surface area contributed by atoms with Crippen molar-refractivity contribution in [3.05, 3.63) is 29.6 Å². The number of amides is 1. The third-order valence-corrected chi connectivity index (χ3v) is 2.77. The van der Waals surface area contributed by atoms with Crippen LogP contribution in [0.15, 0.2) is 18.2 Å². The highest BCUT2D eigenvalue weighted by atomic mass is 19.1. The molecule has 1 unspecified atom stereocenters. The smallest absolute Gasteiger partial charge is 0.258 e. The monoisotopic (exact) mass is 252 g/mol. The Morgan fingerprint density at radius 1 is 1.61 bits per heavy atom. The second kappa shape index (κ2) is 5.35. The Balaban J connectivity index is 1.88. The third-order valence-electron chi connectivity index (χ3n) is 2.77. The van der Waals surface area contributed by atoms with Gasteiger partial charge in [-0.2, -0.15) is 0 Å². The van der Waals surface area contributed by atoms with Gasteiger partial charge in [-0.1, -0.05) is 6.07 Å². The normalized spacial score (nSPS) is 16.2. The molecule has 1 fully saturated rings. The number of carbonyl (C=O) groups excluding carboxylic acids is 1. The summed E-state index contributed by atoms with van der Waals surface area (Å²) in [6.07, 6.45) is 2.06. The van der Waals surface area contributed by atoms with E-state index in [0.717, 1.165) is 12.8 Å². The van der Waals surface area contributed by atoms with Crippen LogP contribution in [-0.4, -0.2) is 18.6 Å². The summed E-state index contributed by atoms with van der Waals surface area (Å²) >= 11 is 0. The lowest BCUT2D eigenvalue weighted by molar-refractivity contribution is -0.123. The Morgan fingerprint density at radius 2 is 2.33 bits per heavy atom. The fraction of sp³-hybridized carbons (Fsp3) is 0.462. The molecule has 1 aromatic carbocycles. The highest BCUT2D eigenvalue weighted by Gasteiger charge is 2.23. The number of benzene rings is 1. The number of hydrogen-bond acceptors (Lipinski definition) is 3. The second-order valence-corrected chi connectivity index (χ2v) is 4.60. The Labute approximate surface area is 105 Å². The lowest BCUT2D eigenvalue weighted by atomic mass is 10.1. The van der Waals surface area contributed by atoms with Gasteiger partial charge in [-0.15, -0.1) is 0 Å². The number of hydrogen-bond donors (Lipinski definition) is 2. The van der Waals surface area contributed by atoms with Gasteiger partial charge in [0.25, 0.3) is 5.91 Å². The number of nitrogens with two attached hydrogens (primary N) is 1. The van der Waals surface area contributed by atoms with Gasteiger partial charge < -0.3 is 15.8 Å². The van der Waals surface area contributed by atoms with Crippen molar-refractivity contribution < 1.29 is 13.9 Å². The zero-order chi connectivity index (χ0) is 13.1. The molecule has 4 nitrogen and oxygen atoms in total. The van der Waals surface area contributed by atoms with Crippen LogP contribution in [0.3, 0.4) is 0 Å². The summed E-state index contributed by atoms with van der Waals surface area (Å²) in [7, 11) is 0. The van der Waals surface area contributed by atoms with E-state index in [1.54, 1.807) is 19.1 Å². The van der Waals surface area contributed by atoms with E-state index in [2.05, 4.69) is 5.32 Å². The third kappa shape index (κ3) is 3.43. The summed E-state index contributed by atoms with van der Waals surface area (Å²) in [6.45, 7) is 1.62. The quantitative estimate of drug-likeness (QED) is 0.834. The van der Waals surface area contributed by atoms with Crippen molar-refractivity contribution in [3.8, 4) is 5.75 Å². The van der Waals surface area contributed by atoms with E-state index in [1.807, 2.05) is 0 Å². The Hall–Kier alpha value is -1.62. The maximum absolute atomic E-state index is 13.6. The molecule has 0 spiro atoms. The first kappa shape index (κ1) is 12.8. The van der Waals surface area contributed by atoms with Crippen molar-refractivity contribution in [2.45, 2.75) is 31.8 Å². The van der Waals surface area contributed by atoms with Crippen LogP contribution in [0.25, 0.3) is 0 Å². The lowest BCUT2D eigenvalue weighted by Gasteiger charge is -2.10. The minimum atomic E-state index is -0.412. The number of rotatable bonds is 5. The summed E-state index contributed by atoms with van der Waals surface area (Å²) in [5.41, 5.74) is 6.04. The van der Waals surface area contributed by atoms with Crippen molar-refractivity contribution in [3.63, 3.8) is 0 Å². The van der Waals surface area contributed by atoms with Crippen molar-refractivity contribution in [2.75, 3.05) is 6.61 Å². The van der Waals surface area contributed by atoms with Gasteiger partial charge >= 0.3 is 0 Å². The van der Waals surface area contributed by atoms with Gasteiger partial charge in [0.1, 0.15) is 11.6 Å². The fourth-order valence-electron chi connectivity index (χ4n) is 1.61. The zero-order valence-corrected chi connectivity index (χ0v) is 10.3. The SMILES string of the molecule is CC(N)c1ccc(OCC(=O)NC2CC2)cc1F. The number of nitrogens with one attached hydrogen (secondary N) is 1. The number of carbonyl (C=O) groups is 1. The molecule has 18 heavy (non-hydrogen) atoms. The Kier molecular flexibility index (Phi) is 3.81. The van der Waals surface area contributed by atoms with Crippen molar-refractivity contribution >= 4 is 5.91 Å². The molecule has 0 aliphatic heterocycles. The summed E-state index contributed by atoms with van der Waals surface area (Å²) < 4.78 is 18.8. The molecule has 0 radical (unpaired) electrons. The molecular formula is C13H17FN2O2. The maximum atomic E-state index is 13.6. The average Bonchev–Trinajstić information content (AvgIpc) is 3.10. The molecular weight excluding hydrogens is 235 g/mol. The van der Waals surface area contributed by atoms with E-state index < -0.39 is 5.82 Å². The van der Waals surface area contributed by atoms with Crippen molar-refractivity contribution in [1.82, 2.24) is 5.32 Å². The lowest BCUT2D eigenvalue weighted by Crippen LogP contribution is -2.30. The zero-order valence-electron chi connectivity index (χ0n) is 10.3. The molecule has 5 heteroatoms. The molecule has 1 amide bonds. The van der Waals surface area contributed by atoms with Crippen LogP contribution in [0.2, 0.25) is 0 Å². The standard InChI is InChI=1S/C13H17FN2O2/c1-8(15)11-5-4-10(6-12(11)14)18-7-13(17)16-9-2-3-9/h4-6,8-9H,2-3,7,15H2,1H3,(H,16,17). The van der Waals surface area contributed by atoms with Gasteiger partial charge in [0.05, 0.1) is 0 Å². The minimum absolute atomic E-state index is 0.0898. The van der Waals surface area contributed by atoms with Gasteiger partial charge in [-0.25, -0.2) is 4.39 Å². The van der Waals surface area contributed by atoms with Crippen LogP contribution in [0, 0.1) is 5.82 Å². The van der Waals surface area contributed by atoms with Crippen LogP contribution in [-0.2, 0) is 4.79 Å². The van der Waals surface area contributed by atoms with Crippen LogP contribution < -0.4 is 15.8 Å². The molecule has 0 bridgehead atoms. The molecule has 1 saturated carbocycles. The molecule has 0 aromatic heterocycles. The fourth-order valence-corrected chi connectivity index (χ4v) is 1.61. The first-order chi connectivity index (χ1) is 8.56. The minimum Gasteiger partial charge on any atom is -0.484 e. The molecule has 1 aliphatic rings. The summed E-state index contributed by atoms with van der Waals surface area (Å²) in [4.78, 5) is 11.4. The van der Waals surface area contributed by atoms with Gasteiger partial charge in [-0.3, -0.25) is 4.79 Å². The van der Waals surface area contributed by atoms with Crippen LogP contribution in [0.4, 0.5) is 4.39 Å². The topological polar surface area (TPSA) is 64.3 Å². The molecule has 98 valence electrons. The van der Waals surface area contributed by atoms with E-state index >= 15 is 0 Å².